The number of ether oxygens (including phenoxy) is 1. The molecule has 2 aromatic carbocycles. The SMILES string of the molecule is COc1ccc(NC(=S)Nc2cc(-c3c(Br)cnn3C)cc(N3CCCC3)c2)cc1. The van der Waals surface area contributed by atoms with E-state index in [1.54, 1.807) is 7.11 Å². The van der Waals surface area contributed by atoms with Gasteiger partial charge >= 0.3 is 0 Å². The van der Waals surface area contributed by atoms with Crippen LogP contribution in [0.5, 0.6) is 5.75 Å². The number of benzene rings is 2. The highest BCUT2D eigenvalue weighted by molar-refractivity contribution is 9.10. The maximum atomic E-state index is 5.56. The average molecular weight is 486 g/mol. The maximum Gasteiger partial charge on any atom is 0.175 e. The first-order valence-electron chi connectivity index (χ1n) is 9.83. The number of thiocarbonyl (C=S) groups is 1. The number of aryl methyl sites for hydroxylation is 1. The zero-order valence-corrected chi connectivity index (χ0v) is 19.4. The molecule has 1 aromatic heterocycles. The minimum absolute atomic E-state index is 0.536. The molecule has 1 aliphatic rings. The van der Waals surface area contributed by atoms with Crippen LogP contribution in [-0.4, -0.2) is 35.1 Å². The van der Waals surface area contributed by atoms with Gasteiger partial charge in [-0.3, -0.25) is 4.68 Å². The summed E-state index contributed by atoms with van der Waals surface area (Å²) in [5.74, 6) is 0.809. The second-order valence-electron chi connectivity index (χ2n) is 7.24. The summed E-state index contributed by atoms with van der Waals surface area (Å²) in [6, 6.07) is 14.1. The highest BCUT2D eigenvalue weighted by Gasteiger charge is 2.17. The van der Waals surface area contributed by atoms with Gasteiger partial charge in [0.2, 0.25) is 0 Å². The first-order valence-corrected chi connectivity index (χ1v) is 11.0. The second kappa shape index (κ2) is 9.06. The van der Waals surface area contributed by atoms with Crippen molar-refractivity contribution in [3.8, 4) is 17.0 Å². The quantitative estimate of drug-likeness (QED) is 0.480. The highest BCUT2D eigenvalue weighted by Crippen LogP contribution is 2.34. The fourth-order valence-corrected chi connectivity index (χ4v) is 4.49. The lowest BCUT2D eigenvalue weighted by Gasteiger charge is -2.21. The predicted octanol–water partition coefficient (Wildman–Crippen LogP) is 5.27. The molecule has 1 fully saturated rings. The van der Waals surface area contributed by atoms with Crippen molar-refractivity contribution >= 4 is 50.3 Å². The number of rotatable bonds is 5. The van der Waals surface area contributed by atoms with Crippen molar-refractivity contribution in [2.45, 2.75) is 12.8 Å². The van der Waals surface area contributed by atoms with Gasteiger partial charge in [-0.05, 0) is 83.5 Å². The number of aromatic nitrogens is 2. The van der Waals surface area contributed by atoms with E-state index in [4.69, 9.17) is 17.0 Å². The molecule has 1 saturated heterocycles. The van der Waals surface area contributed by atoms with Crippen molar-refractivity contribution in [1.82, 2.24) is 9.78 Å². The van der Waals surface area contributed by atoms with Crippen molar-refractivity contribution in [1.29, 1.82) is 0 Å². The summed E-state index contributed by atoms with van der Waals surface area (Å²) in [6.07, 6.45) is 4.26. The van der Waals surface area contributed by atoms with E-state index in [0.717, 1.165) is 45.9 Å². The van der Waals surface area contributed by atoms with Crippen LogP contribution in [0.15, 0.2) is 53.1 Å². The largest absolute Gasteiger partial charge is 0.497 e. The van der Waals surface area contributed by atoms with Gasteiger partial charge in [-0.1, -0.05) is 0 Å². The first-order chi connectivity index (χ1) is 14.5. The van der Waals surface area contributed by atoms with Crippen molar-refractivity contribution in [3.05, 3.63) is 53.1 Å². The fraction of sp³-hybridized carbons (Fsp3) is 0.273. The summed E-state index contributed by atoms with van der Waals surface area (Å²) in [4.78, 5) is 2.42. The number of methoxy groups -OCH3 is 1. The lowest BCUT2D eigenvalue weighted by atomic mass is 10.1. The summed E-state index contributed by atoms with van der Waals surface area (Å²) < 4.78 is 8.05. The molecule has 6 nitrogen and oxygen atoms in total. The van der Waals surface area contributed by atoms with Crippen molar-refractivity contribution in [3.63, 3.8) is 0 Å². The van der Waals surface area contributed by atoms with Gasteiger partial charge in [-0.15, -0.1) is 0 Å². The van der Waals surface area contributed by atoms with Gasteiger partial charge in [0.1, 0.15) is 5.75 Å². The standard InChI is InChI=1S/C22H24BrN5OS/c1-27-21(20(23)14-24-27)15-11-17(13-18(12-15)28-9-3-4-10-28)26-22(30)25-16-5-7-19(29-2)8-6-16/h5-8,11-14H,3-4,9-10H2,1-2H3,(H2,25,26,30). The summed E-state index contributed by atoms with van der Waals surface area (Å²) in [5.41, 5.74) is 5.15. The molecule has 0 unspecified atom stereocenters. The molecule has 0 saturated carbocycles. The van der Waals surface area contributed by atoms with Gasteiger partial charge < -0.3 is 20.3 Å². The van der Waals surface area contributed by atoms with Crippen LogP contribution in [0.3, 0.4) is 0 Å². The van der Waals surface area contributed by atoms with Gasteiger partial charge in [0.25, 0.3) is 0 Å². The number of halogens is 1. The Morgan fingerprint density at radius 1 is 1.07 bits per heavy atom. The van der Waals surface area contributed by atoms with Crippen molar-refractivity contribution in [2.24, 2.45) is 7.05 Å². The maximum absolute atomic E-state index is 5.56. The Bertz CT molecular complexity index is 1020. The first kappa shape index (κ1) is 20.7. The number of nitrogens with one attached hydrogen (secondary N) is 2. The number of hydrogen-bond acceptors (Lipinski definition) is 4. The summed E-state index contributed by atoms with van der Waals surface area (Å²) in [6.45, 7) is 2.15. The Morgan fingerprint density at radius 3 is 2.40 bits per heavy atom. The molecular formula is C22H24BrN5OS. The minimum atomic E-state index is 0.536. The molecule has 2 N–H and O–H groups in total. The molecule has 8 heteroatoms. The van der Waals surface area contributed by atoms with E-state index >= 15 is 0 Å². The molecule has 0 aliphatic carbocycles. The van der Waals surface area contributed by atoms with Crippen molar-refractivity contribution in [2.75, 3.05) is 35.7 Å². The molecule has 3 aromatic rings. The molecule has 0 radical (unpaired) electrons. The van der Waals surface area contributed by atoms with E-state index in [1.807, 2.05) is 42.2 Å². The molecule has 1 aliphatic heterocycles. The second-order valence-corrected chi connectivity index (χ2v) is 8.50. The van der Waals surface area contributed by atoms with E-state index in [-0.39, 0.29) is 0 Å². The third-order valence-electron chi connectivity index (χ3n) is 5.16. The molecular weight excluding hydrogens is 462 g/mol. The monoisotopic (exact) mass is 485 g/mol. The number of anilines is 3. The van der Waals surface area contributed by atoms with Gasteiger partial charge in [0.15, 0.2) is 5.11 Å². The average Bonchev–Trinajstić information content (AvgIpc) is 3.38. The van der Waals surface area contributed by atoms with Crippen LogP contribution in [-0.2, 0) is 7.05 Å². The van der Waals surface area contributed by atoms with Gasteiger partial charge in [0.05, 0.1) is 23.5 Å². The zero-order chi connectivity index (χ0) is 21.1. The van der Waals surface area contributed by atoms with Crippen molar-refractivity contribution < 1.29 is 4.74 Å². The van der Waals surface area contributed by atoms with E-state index < -0.39 is 0 Å². The normalized spacial score (nSPS) is 13.4. The van der Waals surface area contributed by atoms with Gasteiger partial charge in [-0.2, -0.15) is 5.10 Å². The van der Waals surface area contributed by atoms with E-state index in [1.165, 1.54) is 18.5 Å². The van der Waals surface area contributed by atoms with Crippen LogP contribution >= 0.6 is 28.1 Å². The Hall–Kier alpha value is -2.58. The van der Waals surface area contributed by atoms with Crippen LogP contribution in [0.1, 0.15) is 12.8 Å². The lowest BCUT2D eigenvalue weighted by Crippen LogP contribution is -2.21. The lowest BCUT2D eigenvalue weighted by molar-refractivity contribution is 0.415. The molecule has 0 amide bonds. The van der Waals surface area contributed by atoms with Crippen LogP contribution in [0.2, 0.25) is 0 Å². The van der Waals surface area contributed by atoms with Crippen LogP contribution in [0.25, 0.3) is 11.3 Å². The van der Waals surface area contributed by atoms with Crippen LogP contribution in [0, 0.1) is 0 Å². The molecule has 30 heavy (non-hydrogen) atoms. The summed E-state index contributed by atoms with van der Waals surface area (Å²) >= 11 is 9.19. The number of nitrogens with zero attached hydrogens (tertiary/aromatic N) is 3. The zero-order valence-electron chi connectivity index (χ0n) is 17.0. The molecule has 2 heterocycles. The Morgan fingerprint density at radius 2 is 1.77 bits per heavy atom. The molecule has 0 atom stereocenters. The van der Waals surface area contributed by atoms with E-state index in [9.17, 15) is 0 Å². The predicted molar refractivity (Wildman–Crippen MR) is 131 cm³/mol. The van der Waals surface area contributed by atoms with E-state index in [0.29, 0.717) is 5.11 Å². The third kappa shape index (κ3) is 4.60. The van der Waals surface area contributed by atoms with E-state index in [2.05, 4.69) is 54.8 Å². The molecule has 156 valence electrons. The van der Waals surface area contributed by atoms with Gasteiger partial charge in [-0.25, -0.2) is 0 Å². The number of hydrogen-bond donors (Lipinski definition) is 2. The fourth-order valence-electron chi connectivity index (χ4n) is 3.68. The summed E-state index contributed by atoms with van der Waals surface area (Å²) in [5, 5.41) is 11.5. The minimum Gasteiger partial charge on any atom is -0.497 e. The van der Waals surface area contributed by atoms with Crippen LogP contribution in [0.4, 0.5) is 17.1 Å². The highest BCUT2D eigenvalue weighted by atomic mass is 79.9. The third-order valence-corrected chi connectivity index (χ3v) is 5.95. The Labute approximate surface area is 190 Å². The Kier molecular flexibility index (Phi) is 6.24. The summed E-state index contributed by atoms with van der Waals surface area (Å²) in [7, 11) is 3.60. The Balaban J connectivity index is 1.60. The topological polar surface area (TPSA) is 54.4 Å². The van der Waals surface area contributed by atoms with Gasteiger partial charge in [0, 0.05) is 42.8 Å². The smallest absolute Gasteiger partial charge is 0.175 e. The molecule has 0 bridgehead atoms. The molecule has 4 rings (SSSR count). The van der Waals surface area contributed by atoms with Crippen LogP contribution < -0.4 is 20.3 Å². The molecule has 0 spiro atoms.